The SMILES string of the molecule is O=C(CCl)c1nnc(-c2ccccc2Cl)o1. The van der Waals surface area contributed by atoms with E-state index >= 15 is 0 Å². The van der Waals surface area contributed by atoms with Gasteiger partial charge in [-0.1, -0.05) is 23.7 Å². The number of nitrogens with zero attached hydrogens (tertiary/aromatic N) is 2. The summed E-state index contributed by atoms with van der Waals surface area (Å²) in [5.74, 6) is -0.499. The van der Waals surface area contributed by atoms with Crippen molar-refractivity contribution in [1.29, 1.82) is 0 Å². The van der Waals surface area contributed by atoms with Crippen LogP contribution in [0.15, 0.2) is 28.7 Å². The van der Waals surface area contributed by atoms with Crippen molar-refractivity contribution in [2.45, 2.75) is 0 Å². The molecular formula is C10H6Cl2N2O2. The predicted octanol–water partition coefficient (Wildman–Crippen LogP) is 2.81. The zero-order valence-electron chi connectivity index (χ0n) is 7.98. The van der Waals surface area contributed by atoms with Crippen LogP contribution in [0, 0.1) is 0 Å². The van der Waals surface area contributed by atoms with Gasteiger partial charge in [-0.3, -0.25) is 4.79 Å². The lowest BCUT2D eigenvalue weighted by atomic mass is 10.2. The normalized spacial score (nSPS) is 10.4. The quantitative estimate of drug-likeness (QED) is 0.626. The monoisotopic (exact) mass is 256 g/mol. The molecule has 0 atom stereocenters. The Kier molecular flexibility index (Phi) is 3.22. The van der Waals surface area contributed by atoms with E-state index in [2.05, 4.69) is 10.2 Å². The van der Waals surface area contributed by atoms with E-state index in [1.165, 1.54) is 0 Å². The summed E-state index contributed by atoms with van der Waals surface area (Å²) < 4.78 is 5.16. The van der Waals surface area contributed by atoms with Gasteiger partial charge in [0.2, 0.25) is 11.7 Å². The van der Waals surface area contributed by atoms with Gasteiger partial charge in [-0.05, 0) is 12.1 Å². The first-order valence-electron chi connectivity index (χ1n) is 4.40. The summed E-state index contributed by atoms with van der Waals surface area (Å²) in [4.78, 5) is 11.2. The van der Waals surface area contributed by atoms with Gasteiger partial charge in [-0.25, -0.2) is 0 Å². The minimum atomic E-state index is -0.410. The molecule has 0 unspecified atom stereocenters. The summed E-state index contributed by atoms with van der Waals surface area (Å²) in [5, 5.41) is 7.81. The first-order valence-corrected chi connectivity index (χ1v) is 5.31. The van der Waals surface area contributed by atoms with Crippen molar-refractivity contribution in [3.63, 3.8) is 0 Å². The van der Waals surface area contributed by atoms with Crippen molar-refractivity contribution in [2.24, 2.45) is 0 Å². The molecule has 0 N–H and O–H groups in total. The average molecular weight is 257 g/mol. The molecule has 6 heteroatoms. The van der Waals surface area contributed by atoms with Gasteiger partial charge in [-0.2, -0.15) is 0 Å². The molecular weight excluding hydrogens is 251 g/mol. The van der Waals surface area contributed by atoms with Gasteiger partial charge in [0.15, 0.2) is 0 Å². The van der Waals surface area contributed by atoms with Crippen LogP contribution in [0.5, 0.6) is 0 Å². The minimum absolute atomic E-state index is 0.107. The Labute approximate surface area is 101 Å². The lowest BCUT2D eigenvalue weighted by molar-refractivity contribution is 0.0985. The summed E-state index contributed by atoms with van der Waals surface area (Å²) in [6, 6.07) is 7.00. The summed E-state index contributed by atoms with van der Waals surface area (Å²) in [7, 11) is 0. The highest BCUT2D eigenvalue weighted by Crippen LogP contribution is 2.26. The second kappa shape index (κ2) is 4.63. The maximum atomic E-state index is 11.2. The lowest BCUT2D eigenvalue weighted by Crippen LogP contribution is -1.99. The molecule has 1 heterocycles. The zero-order chi connectivity index (χ0) is 11.5. The van der Waals surface area contributed by atoms with Crippen molar-refractivity contribution < 1.29 is 9.21 Å². The van der Waals surface area contributed by atoms with Crippen molar-refractivity contribution in [1.82, 2.24) is 10.2 Å². The van der Waals surface area contributed by atoms with Gasteiger partial charge < -0.3 is 4.42 Å². The molecule has 0 bridgehead atoms. The van der Waals surface area contributed by atoms with Gasteiger partial charge in [0.25, 0.3) is 5.89 Å². The topological polar surface area (TPSA) is 56.0 Å². The third-order valence-corrected chi connectivity index (χ3v) is 2.46. The second-order valence-electron chi connectivity index (χ2n) is 2.95. The molecule has 0 radical (unpaired) electrons. The van der Waals surface area contributed by atoms with Gasteiger partial charge in [0, 0.05) is 0 Å². The Hall–Kier alpha value is -1.39. The zero-order valence-corrected chi connectivity index (χ0v) is 9.50. The van der Waals surface area contributed by atoms with Crippen LogP contribution in [0.1, 0.15) is 10.7 Å². The number of benzene rings is 1. The Bertz CT molecular complexity index is 525. The fourth-order valence-corrected chi connectivity index (χ4v) is 1.47. The van der Waals surface area contributed by atoms with Gasteiger partial charge in [-0.15, -0.1) is 21.8 Å². The molecule has 0 spiro atoms. The highest BCUT2D eigenvalue weighted by atomic mass is 35.5. The Morgan fingerprint density at radius 1 is 1.31 bits per heavy atom. The Morgan fingerprint density at radius 3 is 2.75 bits per heavy atom. The second-order valence-corrected chi connectivity index (χ2v) is 3.62. The van der Waals surface area contributed by atoms with Crippen LogP contribution in [0.4, 0.5) is 0 Å². The molecule has 0 amide bonds. The first kappa shape index (κ1) is 11.1. The fraction of sp³-hybridized carbons (Fsp3) is 0.100. The molecule has 4 nitrogen and oxygen atoms in total. The highest BCUT2D eigenvalue weighted by Gasteiger charge is 2.15. The van der Waals surface area contributed by atoms with Crippen molar-refractivity contribution >= 4 is 29.0 Å². The molecule has 1 aromatic heterocycles. The summed E-state index contributed by atoms with van der Waals surface area (Å²) in [5.41, 5.74) is 0.588. The number of rotatable bonds is 3. The number of halogens is 2. The standard InChI is InChI=1S/C10H6Cl2N2O2/c11-5-8(15)10-14-13-9(16-10)6-3-1-2-4-7(6)12/h1-4H,5H2. The van der Waals surface area contributed by atoms with E-state index in [4.69, 9.17) is 27.6 Å². The minimum Gasteiger partial charge on any atom is -0.413 e. The molecule has 1 aromatic carbocycles. The fourth-order valence-electron chi connectivity index (χ4n) is 1.14. The van der Waals surface area contributed by atoms with E-state index in [1.54, 1.807) is 24.3 Å². The molecule has 16 heavy (non-hydrogen) atoms. The van der Waals surface area contributed by atoms with Gasteiger partial charge >= 0.3 is 0 Å². The number of carbonyl (C=O) groups excluding carboxylic acids is 1. The summed E-state index contributed by atoms with van der Waals surface area (Å²) in [6.07, 6.45) is 0. The third kappa shape index (κ3) is 2.08. The maximum absolute atomic E-state index is 11.2. The molecule has 2 rings (SSSR count). The van der Waals surface area contributed by atoms with E-state index in [9.17, 15) is 4.79 Å². The lowest BCUT2D eigenvalue weighted by Gasteiger charge is -1.96. The van der Waals surface area contributed by atoms with Gasteiger partial charge in [0.05, 0.1) is 16.5 Å². The number of hydrogen-bond donors (Lipinski definition) is 0. The maximum Gasteiger partial charge on any atom is 0.285 e. The van der Waals surface area contributed by atoms with Crippen molar-refractivity contribution in [3.8, 4) is 11.5 Å². The molecule has 0 saturated carbocycles. The van der Waals surface area contributed by atoms with Gasteiger partial charge in [0.1, 0.15) is 0 Å². The molecule has 2 aromatic rings. The Morgan fingerprint density at radius 2 is 2.06 bits per heavy atom. The number of carbonyl (C=O) groups is 1. The molecule has 0 fully saturated rings. The van der Waals surface area contributed by atoms with E-state index in [-0.39, 0.29) is 17.7 Å². The molecule has 0 aliphatic rings. The predicted molar refractivity (Wildman–Crippen MR) is 59.8 cm³/mol. The van der Waals surface area contributed by atoms with Crippen LogP contribution in [0.3, 0.4) is 0 Å². The molecule has 0 aliphatic heterocycles. The number of ketones is 1. The summed E-state index contributed by atoms with van der Waals surface area (Å²) >= 11 is 11.3. The largest absolute Gasteiger partial charge is 0.413 e. The van der Waals surface area contributed by atoms with Crippen LogP contribution in [0.2, 0.25) is 5.02 Å². The van der Waals surface area contributed by atoms with Crippen LogP contribution < -0.4 is 0 Å². The van der Waals surface area contributed by atoms with Crippen LogP contribution in [0.25, 0.3) is 11.5 Å². The summed E-state index contributed by atoms with van der Waals surface area (Å²) in [6.45, 7) is 0. The molecule has 0 aliphatic carbocycles. The number of aromatic nitrogens is 2. The van der Waals surface area contributed by atoms with E-state index in [0.717, 1.165) is 0 Å². The highest BCUT2D eigenvalue weighted by molar-refractivity contribution is 6.33. The molecule has 0 saturated heterocycles. The van der Waals surface area contributed by atoms with Crippen molar-refractivity contribution in [2.75, 3.05) is 5.88 Å². The van der Waals surface area contributed by atoms with Crippen molar-refractivity contribution in [3.05, 3.63) is 35.2 Å². The van der Waals surface area contributed by atoms with E-state index in [1.807, 2.05) is 0 Å². The van der Waals surface area contributed by atoms with E-state index < -0.39 is 5.78 Å². The van der Waals surface area contributed by atoms with Crippen LogP contribution >= 0.6 is 23.2 Å². The van der Waals surface area contributed by atoms with Crippen LogP contribution in [-0.2, 0) is 0 Å². The average Bonchev–Trinajstić information content (AvgIpc) is 2.78. The Balaban J connectivity index is 2.39. The number of alkyl halides is 1. The third-order valence-electron chi connectivity index (χ3n) is 1.89. The number of Topliss-reactive ketones (excluding diaryl/α,β-unsaturated/α-hetero) is 1. The first-order chi connectivity index (χ1) is 7.72. The number of hydrogen-bond acceptors (Lipinski definition) is 4. The molecule has 82 valence electrons. The van der Waals surface area contributed by atoms with Crippen LogP contribution in [-0.4, -0.2) is 21.9 Å². The van der Waals surface area contributed by atoms with E-state index in [0.29, 0.717) is 10.6 Å². The smallest absolute Gasteiger partial charge is 0.285 e.